The summed E-state index contributed by atoms with van der Waals surface area (Å²) in [6.45, 7) is 11.1. The molecule has 1 aromatic carbocycles. The Kier molecular flexibility index (Phi) is 17.0. The van der Waals surface area contributed by atoms with Crippen LogP contribution in [0.2, 0.25) is 0 Å². The summed E-state index contributed by atoms with van der Waals surface area (Å²) in [7, 11) is 0. The molecule has 6 nitrogen and oxygen atoms in total. The average Bonchev–Trinajstić information content (AvgIpc) is 3.06. The minimum Gasteiger partial charge on any atom is -0.493 e. The van der Waals surface area contributed by atoms with Gasteiger partial charge in [0.2, 0.25) is 0 Å². The second-order valence-corrected chi connectivity index (χ2v) is 13.5. The molecular weight excluding hydrogens is 564 g/mol. The fourth-order valence-corrected chi connectivity index (χ4v) is 6.71. The zero-order valence-corrected chi connectivity index (χ0v) is 27.8. The normalized spacial score (nSPS) is 20.0. The van der Waals surface area contributed by atoms with Crippen molar-refractivity contribution in [3.63, 3.8) is 0 Å². The third-order valence-electron chi connectivity index (χ3n) is 9.70. The van der Waals surface area contributed by atoms with Crippen LogP contribution >= 0.6 is 0 Å². The van der Waals surface area contributed by atoms with E-state index in [1.165, 1.54) is 56.9 Å². The second-order valence-electron chi connectivity index (χ2n) is 13.5. The molecule has 2 aliphatic rings. The fraction of sp³-hybridized carbons (Fsp3) is 0.641. The van der Waals surface area contributed by atoms with Crippen LogP contribution in [0.4, 0.5) is 0 Å². The minimum atomic E-state index is -0.185. The maximum absolute atomic E-state index is 9.39. The van der Waals surface area contributed by atoms with Crippen LogP contribution in [-0.2, 0) is 0 Å². The highest BCUT2D eigenvalue weighted by molar-refractivity contribution is 5.76. The SMILES string of the molecule is C=C(CCOc1cc(OCCC(=C)CC(CO)CO)cc(C2=CCC(C3CCC(CCCCC)CC3)C=C2)c1)CC(CO)CO. The molecular formula is C39H60O6. The number of unbranched alkanes of at least 4 members (excludes halogenated alkanes) is 2. The molecule has 0 aliphatic heterocycles. The number of hydrogen-bond donors (Lipinski definition) is 4. The lowest BCUT2D eigenvalue weighted by molar-refractivity contribution is 0.148. The molecule has 1 unspecified atom stereocenters. The molecule has 4 N–H and O–H groups in total. The van der Waals surface area contributed by atoms with Crippen LogP contribution in [0.3, 0.4) is 0 Å². The number of hydrogen-bond acceptors (Lipinski definition) is 6. The van der Waals surface area contributed by atoms with E-state index < -0.39 is 0 Å². The zero-order chi connectivity index (χ0) is 32.4. The molecule has 6 heteroatoms. The van der Waals surface area contributed by atoms with Crippen molar-refractivity contribution in [1.29, 1.82) is 0 Å². The third-order valence-corrected chi connectivity index (χ3v) is 9.70. The van der Waals surface area contributed by atoms with Gasteiger partial charge in [0.15, 0.2) is 0 Å². The molecule has 0 heterocycles. The molecule has 0 aromatic heterocycles. The number of ether oxygens (including phenoxy) is 2. The van der Waals surface area contributed by atoms with Gasteiger partial charge in [-0.1, -0.05) is 88.0 Å². The van der Waals surface area contributed by atoms with Gasteiger partial charge in [0, 0.05) is 57.2 Å². The quantitative estimate of drug-likeness (QED) is 0.0781. The fourth-order valence-electron chi connectivity index (χ4n) is 6.71. The maximum Gasteiger partial charge on any atom is 0.123 e. The molecule has 0 radical (unpaired) electrons. The average molecular weight is 625 g/mol. The van der Waals surface area contributed by atoms with Gasteiger partial charge < -0.3 is 29.9 Å². The predicted molar refractivity (Wildman–Crippen MR) is 184 cm³/mol. The smallest absolute Gasteiger partial charge is 0.123 e. The Hall–Kier alpha value is -2.38. The van der Waals surface area contributed by atoms with Gasteiger partial charge in [-0.15, -0.1) is 0 Å². The van der Waals surface area contributed by atoms with Crippen molar-refractivity contribution in [1.82, 2.24) is 0 Å². The van der Waals surface area contributed by atoms with Gasteiger partial charge in [0.05, 0.1) is 13.2 Å². The first-order valence-electron chi connectivity index (χ1n) is 17.4. The molecule has 1 atom stereocenters. The number of benzene rings is 1. The Morgan fingerprint density at radius 1 is 0.800 bits per heavy atom. The largest absolute Gasteiger partial charge is 0.493 e. The third kappa shape index (κ3) is 13.1. The van der Waals surface area contributed by atoms with E-state index >= 15 is 0 Å². The van der Waals surface area contributed by atoms with Crippen molar-refractivity contribution in [2.45, 2.75) is 90.4 Å². The Morgan fingerprint density at radius 3 is 1.82 bits per heavy atom. The molecule has 3 rings (SSSR count). The van der Waals surface area contributed by atoms with Crippen LogP contribution < -0.4 is 9.47 Å². The van der Waals surface area contributed by atoms with E-state index in [2.05, 4.69) is 50.4 Å². The van der Waals surface area contributed by atoms with E-state index in [9.17, 15) is 20.4 Å². The van der Waals surface area contributed by atoms with E-state index in [0.29, 0.717) is 44.8 Å². The molecule has 1 saturated carbocycles. The second kappa shape index (κ2) is 20.7. The van der Waals surface area contributed by atoms with Crippen LogP contribution in [0.5, 0.6) is 11.5 Å². The summed E-state index contributed by atoms with van der Waals surface area (Å²) in [5.74, 6) is 3.41. The standard InChI is InChI=1S/C39H60O6/c1-4-5-6-7-31-8-10-34(11-9-31)35-12-14-36(15-13-35)37-22-38(44-18-16-29(2)20-32(25-40)26-41)24-39(23-37)45-19-17-30(3)21-33(27-42)28-43/h12,14-15,22-24,31-35,40-43H,2-11,13,16-21,25-28H2,1H3. The van der Waals surface area contributed by atoms with Crippen LogP contribution in [0.1, 0.15) is 96.0 Å². The van der Waals surface area contributed by atoms with Gasteiger partial charge in [-0.2, -0.15) is 0 Å². The van der Waals surface area contributed by atoms with Gasteiger partial charge in [-0.3, -0.25) is 0 Å². The summed E-state index contributed by atoms with van der Waals surface area (Å²) in [6, 6.07) is 6.06. The topological polar surface area (TPSA) is 99.4 Å². The lowest BCUT2D eigenvalue weighted by Gasteiger charge is -2.33. The van der Waals surface area contributed by atoms with Gasteiger partial charge >= 0.3 is 0 Å². The summed E-state index contributed by atoms with van der Waals surface area (Å²) >= 11 is 0. The number of allylic oxidation sites excluding steroid dienone is 4. The van der Waals surface area contributed by atoms with Gasteiger partial charge in [-0.05, 0) is 73.1 Å². The van der Waals surface area contributed by atoms with Gasteiger partial charge in [0.25, 0.3) is 0 Å². The lowest BCUT2D eigenvalue weighted by atomic mass is 9.72. The Balaban J connectivity index is 1.62. The van der Waals surface area contributed by atoms with E-state index in [-0.39, 0.29) is 38.3 Å². The molecule has 0 saturated heterocycles. The lowest BCUT2D eigenvalue weighted by Crippen LogP contribution is -2.21. The van der Waals surface area contributed by atoms with Crippen molar-refractivity contribution >= 4 is 5.57 Å². The molecule has 0 bridgehead atoms. The Morgan fingerprint density at radius 2 is 1.36 bits per heavy atom. The highest BCUT2D eigenvalue weighted by Gasteiger charge is 2.27. The Labute approximate surface area is 272 Å². The number of rotatable bonds is 22. The summed E-state index contributed by atoms with van der Waals surface area (Å²) in [4.78, 5) is 0. The van der Waals surface area contributed by atoms with E-state index in [4.69, 9.17) is 9.47 Å². The van der Waals surface area contributed by atoms with E-state index in [0.717, 1.165) is 46.5 Å². The van der Waals surface area contributed by atoms with Gasteiger partial charge in [0.1, 0.15) is 11.5 Å². The first kappa shape index (κ1) is 37.1. The van der Waals surface area contributed by atoms with Crippen molar-refractivity contribution < 1.29 is 29.9 Å². The van der Waals surface area contributed by atoms with Crippen molar-refractivity contribution in [2.24, 2.45) is 29.6 Å². The van der Waals surface area contributed by atoms with E-state index in [1.807, 2.05) is 6.07 Å². The zero-order valence-electron chi connectivity index (χ0n) is 27.8. The molecule has 1 aromatic rings. The molecule has 252 valence electrons. The van der Waals surface area contributed by atoms with Crippen LogP contribution in [-0.4, -0.2) is 60.1 Å². The summed E-state index contributed by atoms with van der Waals surface area (Å²) < 4.78 is 12.4. The molecule has 0 spiro atoms. The number of aliphatic hydroxyl groups is 4. The maximum atomic E-state index is 9.39. The summed E-state index contributed by atoms with van der Waals surface area (Å²) in [6.07, 6.45) is 21.5. The monoisotopic (exact) mass is 624 g/mol. The molecule has 0 amide bonds. The molecule has 45 heavy (non-hydrogen) atoms. The van der Waals surface area contributed by atoms with Crippen LogP contribution in [0, 0.1) is 29.6 Å². The van der Waals surface area contributed by atoms with Gasteiger partial charge in [-0.25, -0.2) is 0 Å². The van der Waals surface area contributed by atoms with Crippen molar-refractivity contribution in [3.8, 4) is 11.5 Å². The molecule has 1 fully saturated rings. The van der Waals surface area contributed by atoms with Crippen LogP contribution in [0.15, 0.2) is 60.7 Å². The molecule has 2 aliphatic carbocycles. The van der Waals surface area contributed by atoms with E-state index in [1.54, 1.807) is 0 Å². The summed E-state index contributed by atoms with van der Waals surface area (Å²) in [5.41, 5.74) is 4.14. The summed E-state index contributed by atoms with van der Waals surface area (Å²) in [5, 5.41) is 37.6. The minimum absolute atomic E-state index is 0.0595. The highest BCUT2D eigenvalue weighted by Crippen LogP contribution is 2.40. The first-order valence-corrected chi connectivity index (χ1v) is 17.4. The van der Waals surface area contributed by atoms with Crippen molar-refractivity contribution in [3.05, 3.63) is 66.3 Å². The predicted octanol–water partition coefficient (Wildman–Crippen LogP) is 7.66. The highest BCUT2D eigenvalue weighted by atomic mass is 16.5. The van der Waals surface area contributed by atoms with Crippen molar-refractivity contribution in [2.75, 3.05) is 39.6 Å². The first-order chi connectivity index (χ1) is 21.9. The Bertz CT molecular complexity index is 1020. The number of aliphatic hydroxyl groups excluding tert-OH is 4. The van der Waals surface area contributed by atoms with Crippen LogP contribution in [0.25, 0.3) is 5.57 Å².